The molecular formula is C10H17N9. The van der Waals surface area contributed by atoms with Crippen molar-refractivity contribution in [2.24, 2.45) is 5.73 Å². The number of nitrogens with zero attached hydrogens (tertiary/aromatic N) is 7. The molecule has 0 aliphatic heterocycles. The summed E-state index contributed by atoms with van der Waals surface area (Å²) >= 11 is 0. The van der Waals surface area contributed by atoms with E-state index in [1.54, 1.807) is 9.58 Å². The van der Waals surface area contributed by atoms with Gasteiger partial charge in [0.15, 0.2) is 5.82 Å². The maximum atomic E-state index is 5.65. The van der Waals surface area contributed by atoms with Gasteiger partial charge in [-0.15, -0.1) is 5.10 Å². The lowest BCUT2D eigenvalue weighted by Gasteiger charge is -2.11. The molecule has 2 aromatic heterocycles. The van der Waals surface area contributed by atoms with Gasteiger partial charge in [0.25, 0.3) is 0 Å². The highest BCUT2D eigenvalue weighted by molar-refractivity contribution is 5.32. The topological polar surface area (TPSA) is 125 Å². The van der Waals surface area contributed by atoms with E-state index in [2.05, 4.69) is 25.3 Å². The Morgan fingerprint density at radius 3 is 2.74 bits per heavy atom. The van der Waals surface area contributed by atoms with Gasteiger partial charge in [0.1, 0.15) is 6.54 Å². The zero-order chi connectivity index (χ0) is 13.8. The van der Waals surface area contributed by atoms with E-state index in [0.717, 1.165) is 5.69 Å². The van der Waals surface area contributed by atoms with Crippen LogP contribution in [0.5, 0.6) is 0 Å². The monoisotopic (exact) mass is 263 g/mol. The highest BCUT2D eigenvalue weighted by Crippen LogP contribution is 2.06. The number of hydrogen-bond acceptors (Lipinski definition) is 8. The number of anilines is 2. The van der Waals surface area contributed by atoms with E-state index in [4.69, 9.17) is 11.5 Å². The highest BCUT2D eigenvalue weighted by atomic mass is 15.4. The maximum Gasteiger partial charge on any atom is 0.229 e. The van der Waals surface area contributed by atoms with Gasteiger partial charge in [-0.05, 0) is 6.54 Å². The minimum absolute atomic E-state index is 0.191. The van der Waals surface area contributed by atoms with Gasteiger partial charge in [-0.2, -0.15) is 15.0 Å². The van der Waals surface area contributed by atoms with E-state index in [1.165, 1.54) is 0 Å². The summed E-state index contributed by atoms with van der Waals surface area (Å²) in [5, 5.41) is 7.99. The molecular weight excluding hydrogens is 246 g/mol. The summed E-state index contributed by atoms with van der Waals surface area (Å²) in [6, 6.07) is 0. The summed E-state index contributed by atoms with van der Waals surface area (Å²) in [4.78, 5) is 14.2. The smallest absolute Gasteiger partial charge is 0.229 e. The number of hydrogen-bond donors (Lipinski definition) is 2. The summed E-state index contributed by atoms with van der Waals surface area (Å²) in [6.45, 7) is 0.938. The van der Waals surface area contributed by atoms with Crippen LogP contribution in [-0.4, -0.2) is 50.6 Å². The average Bonchev–Trinajstić information content (AvgIpc) is 2.76. The Balaban J connectivity index is 2.17. The van der Waals surface area contributed by atoms with Crippen molar-refractivity contribution in [2.45, 2.75) is 13.0 Å². The van der Waals surface area contributed by atoms with E-state index >= 15 is 0 Å². The second-order valence-corrected chi connectivity index (χ2v) is 4.25. The Labute approximate surface area is 110 Å². The number of nitrogens with two attached hydrogens (primary N) is 2. The number of rotatable bonds is 5. The van der Waals surface area contributed by atoms with Crippen LogP contribution in [0, 0.1) is 0 Å². The van der Waals surface area contributed by atoms with Crippen LogP contribution >= 0.6 is 0 Å². The molecule has 0 saturated carbocycles. The zero-order valence-corrected chi connectivity index (χ0v) is 11.0. The second kappa shape index (κ2) is 5.57. The van der Waals surface area contributed by atoms with E-state index < -0.39 is 0 Å². The Morgan fingerprint density at radius 1 is 1.26 bits per heavy atom. The summed E-state index contributed by atoms with van der Waals surface area (Å²) in [5.41, 5.74) is 12.0. The van der Waals surface area contributed by atoms with E-state index in [0.29, 0.717) is 31.3 Å². The molecule has 0 spiro atoms. The fraction of sp³-hybridized carbons (Fsp3) is 0.500. The van der Waals surface area contributed by atoms with Crippen molar-refractivity contribution in [1.29, 1.82) is 0 Å². The third kappa shape index (κ3) is 3.35. The Morgan fingerprint density at radius 2 is 2.05 bits per heavy atom. The molecule has 9 heteroatoms. The molecule has 0 atom stereocenters. The van der Waals surface area contributed by atoms with Crippen molar-refractivity contribution in [3.05, 3.63) is 17.7 Å². The minimum Gasteiger partial charge on any atom is -0.368 e. The van der Waals surface area contributed by atoms with Crippen LogP contribution in [-0.2, 0) is 13.0 Å². The van der Waals surface area contributed by atoms with Gasteiger partial charge in [-0.3, -0.25) is 0 Å². The molecule has 0 bridgehead atoms. The molecule has 2 aromatic rings. The summed E-state index contributed by atoms with van der Waals surface area (Å²) in [6.07, 6.45) is 2.52. The normalized spacial score (nSPS) is 10.7. The van der Waals surface area contributed by atoms with Gasteiger partial charge in [0, 0.05) is 26.7 Å². The van der Waals surface area contributed by atoms with E-state index in [-0.39, 0.29) is 5.95 Å². The first-order valence-corrected chi connectivity index (χ1v) is 5.85. The van der Waals surface area contributed by atoms with Crippen LogP contribution < -0.4 is 16.4 Å². The van der Waals surface area contributed by atoms with Crippen molar-refractivity contribution in [1.82, 2.24) is 29.9 Å². The molecule has 4 N–H and O–H groups in total. The average molecular weight is 263 g/mol. The van der Waals surface area contributed by atoms with E-state index in [1.807, 2.05) is 20.3 Å². The van der Waals surface area contributed by atoms with Crippen LogP contribution in [0.3, 0.4) is 0 Å². The lowest BCUT2D eigenvalue weighted by molar-refractivity contribution is 0.622. The molecule has 2 rings (SSSR count). The fourth-order valence-electron chi connectivity index (χ4n) is 1.52. The predicted molar refractivity (Wildman–Crippen MR) is 70.4 cm³/mol. The second-order valence-electron chi connectivity index (χ2n) is 4.25. The van der Waals surface area contributed by atoms with Crippen LogP contribution in [0.15, 0.2) is 6.20 Å². The standard InChI is InChI=1S/C10H17N9/c1-18(2)10-14-8(13-9(12)15-10)6-19-5-7(3-4-11)16-17-19/h5H,3-4,6,11H2,1-2H3,(H2,12,13,14,15). The first-order chi connectivity index (χ1) is 9.08. The van der Waals surface area contributed by atoms with Crippen molar-refractivity contribution < 1.29 is 0 Å². The van der Waals surface area contributed by atoms with Crippen LogP contribution in [0.1, 0.15) is 11.5 Å². The first-order valence-electron chi connectivity index (χ1n) is 5.85. The summed E-state index contributed by atoms with van der Waals surface area (Å²) < 4.78 is 1.65. The quantitative estimate of drug-likeness (QED) is 0.679. The van der Waals surface area contributed by atoms with Gasteiger partial charge in [0.2, 0.25) is 11.9 Å². The highest BCUT2D eigenvalue weighted by Gasteiger charge is 2.08. The van der Waals surface area contributed by atoms with Crippen molar-refractivity contribution in [2.75, 3.05) is 31.3 Å². The first kappa shape index (κ1) is 13.1. The molecule has 0 amide bonds. The fourth-order valence-corrected chi connectivity index (χ4v) is 1.52. The van der Waals surface area contributed by atoms with Crippen LogP contribution in [0.2, 0.25) is 0 Å². The number of nitrogen functional groups attached to an aromatic ring is 1. The lowest BCUT2D eigenvalue weighted by Crippen LogP contribution is -2.17. The van der Waals surface area contributed by atoms with Crippen LogP contribution in [0.25, 0.3) is 0 Å². The molecule has 0 aromatic carbocycles. The molecule has 0 fully saturated rings. The molecule has 19 heavy (non-hydrogen) atoms. The van der Waals surface area contributed by atoms with Crippen molar-refractivity contribution in [3.63, 3.8) is 0 Å². The predicted octanol–water partition coefficient (Wildman–Crippen LogP) is -1.34. The largest absolute Gasteiger partial charge is 0.368 e. The molecule has 102 valence electrons. The summed E-state index contributed by atoms with van der Waals surface area (Å²) in [7, 11) is 3.68. The lowest BCUT2D eigenvalue weighted by atomic mass is 10.3. The third-order valence-electron chi connectivity index (χ3n) is 2.38. The maximum absolute atomic E-state index is 5.65. The molecule has 2 heterocycles. The Hall–Kier alpha value is -2.29. The number of aromatic nitrogens is 6. The van der Waals surface area contributed by atoms with Crippen molar-refractivity contribution >= 4 is 11.9 Å². The van der Waals surface area contributed by atoms with Gasteiger partial charge < -0.3 is 16.4 Å². The molecule has 0 radical (unpaired) electrons. The Bertz CT molecular complexity index is 548. The Kier molecular flexibility index (Phi) is 3.85. The van der Waals surface area contributed by atoms with Crippen molar-refractivity contribution in [3.8, 4) is 0 Å². The molecule has 9 nitrogen and oxygen atoms in total. The molecule has 0 aliphatic carbocycles. The minimum atomic E-state index is 0.191. The van der Waals surface area contributed by atoms with Crippen LogP contribution in [0.4, 0.5) is 11.9 Å². The van der Waals surface area contributed by atoms with Gasteiger partial charge >= 0.3 is 0 Å². The molecule has 0 aliphatic rings. The molecule has 0 unspecified atom stereocenters. The SMILES string of the molecule is CN(C)c1nc(N)nc(Cn2cc(CCN)nn2)n1. The molecule has 0 saturated heterocycles. The van der Waals surface area contributed by atoms with E-state index in [9.17, 15) is 0 Å². The van der Waals surface area contributed by atoms with Gasteiger partial charge in [-0.25, -0.2) is 4.68 Å². The summed E-state index contributed by atoms with van der Waals surface area (Å²) in [5.74, 6) is 1.25. The van der Waals surface area contributed by atoms with Gasteiger partial charge in [0.05, 0.1) is 5.69 Å². The van der Waals surface area contributed by atoms with Gasteiger partial charge in [-0.1, -0.05) is 5.21 Å². The third-order valence-corrected chi connectivity index (χ3v) is 2.38. The zero-order valence-electron chi connectivity index (χ0n) is 11.0.